The van der Waals surface area contributed by atoms with E-state index in [0.29, 0.717) is 16.3 Å². The number of thioether (sulfide) groups is 1. The van der Waals surface area contributed by atoms with Crippen molar-refractivity contribution in [2.75, 3.05) is 20.3 Å². The number of aryl methyl sites for hydroxylation is 1. The molecular weight excluding hydrogens is 618 g/mol. The molecule has 1 fully saturated rings. The normalized spacial score (nSPS) is 14.7. The Labute approximate surface area is 237 Å². The fraction of sp³-hybridized carbons (Fsp3) is 0.154. The van der Waals surface area contributed by atoms with Crippen molar-refractivity contribution in [3.05, 3.63) is 86.2 Å². The summed E-state index contributed by atoms with van der Waals surface area (Å²) in [5.74, 6) is 0.244. The van der Waals surface area contributed by atoms with E-state index in [4.69, 9.17) is 25.3 Å². The summed E-state index contributed by atoms with van der Waals surface area (Å²) in [6, 6.07) is 16.1. The molecule has 0 N–H and O–H groups in total. The molecule has 0 atom stereocenters. The summed E-state index contributed by atoms with van der Waals surface area (Å²) in [7, 11) is -2.82. The quantitative estimate of drug-likeness (QED) is 0.199. The second-order valence-corrected chi connectivity index (χ2v) is 11.9. The summed E-state index contributed by atoms with van der Waals surface area (Å²) in [5.41, 5.74) is 1.53. The fourth-order valence-electron chi connectivity index (χ4n) is 3.47. The molecule has 198 valence electrons. The Hall–Kier alpha value is -2.99. The van der Waals surface area contributed by atoms with Crippen LogP contribution in [0, 0.1) is 6.92 Å². The molecular formula is C26H21BrClNO7S2. The van der Waals surface area contributed by atoms with Gasteiger partial charge in [-0.1, -0.05) is 23.7 Å². The Balaban J connectivity index is 1.50. The van der Waals surface area contributed by atoms with E-state index in [1.54, 1.807) is 12.1 Å². The number of carbonyl (C=O) groups is 2. The molecule has 8 nitrogen and oxygen atoms in total. The zero-order chi connectivity index (χ0) is 27.4. The maximum atomic E-state index is 12.9. The molecule has 3 aromatic carbocycles. The van der Waals surface area contributed by atoms with Gasteiger partial charge in [-0.25, -0.2) is 0 Å². The molecule has 1 aliphatic rings. The van der Waals surface area contributed by atoms with E-state index >= 15 is 0 Å². The maximum Gasteiger partial charge on any atom is 0.339 e. The molecule has 0 unspecified atom stereocenters. The number of halogens is 2. The standard InChI is InChI=1S/C26H21BrClNO7S2/c1-16-4-3-5-19(12-16)35-11-10-29-25(30)23(37-26(29)31)15-17-13-21(27)24(22(14-17)34-2)36-38(32,33)20-8-6-18(28)7-9-20/h3-9,12-15H,10-11H2,1-2H3/b23-15-. The summed E-state index contributed by atoms with van der Waals surface area (Å²) in [5, 5.41) is -0.0237. The minimum absolute atomic E-state index is 0.0685. The highest BCUT2D eigenvalue weighted by atomic mass is 79.9. The minimum Gasteiger partial charge on any atom is -0.493 e. The number of imide groups is 1. The van der Waals surface area contributed by atoms with Crippen molar-refractivity contribution in [3.63, 3.8) is 0 Å². The van der Waals surface area contributed by atoms with Crippen LogP contribution in [0.1, 0.15) is 11.1 Å². The van der Waals surface area contributed by atoms with Gasteiger partial charge in [0, 0.05) is 5.02 Å². The SMILES string of the molecule is COc1cc(/C=C2\SC(=O)N(CCOc3cccc(C)c3)C2=O)cc(Br)c1OS(=O)(=O)c1ccc(Cl)cc1. The third kappa shape index (κ3) is 6.52. The molecule has 1 heterocycles. The van der Waals surface area contributed by atoms with Gasteiger partial charge in [0.1, 0.15) is 17.3 Å². The number of carbonyl (C=O) groups excluding carboxylic acids is 2. The van der Waals surface area contributed by atoms with Crippen LogP contribution in [0.2, 0.25) is 5.02 Å². The lowest BCUT2D eigenvalue weighted by Crippen LogP contribution is -2.32. The van der Waals surface area contributed by atoms with Crippen molar-refractivity contribution in [1.82, 2.24) is 4.90 Å². The molecule has 1 aliphatic heterocycles. The van der Waals surface area contributed by atoms with E-state index in [9.17, 15) is 18.0 Å². The number of benzene rings is 3. The predicted molar refractivity (Wildman–Crippen MR) is 149 cm³/mol. The molecule has 2 amide bonds. The largest absolute Gasteiger partial charge is 0.493 e. The Morgan fingerprint density at radius 1 is 1.08 bits per heavy atom. The second-order valence-electron chi connectivity index (χ2n) is 8.02. The van der Waals surface area contributed by atoms with E-state index in [1.165, 1.54) is 43.5 Å². The second kappa shape index (κ2) is 11.8. The van der Waals surface area contributed by atoms with Crippen LogP contribution in [0.5, 0.6) is 17.2 Å². The number of hydrogen-bond acceptors (Lipinski definition) is 8. The van der Waals surface area contributed by atoms with Crippen LogP contribution in [-0.4, -0.2) is 44.7 Å². The van der Waals surface area contributed by atoms with Gasteiger partial charge in [0.15, 0.2) is 11.5 Å². The summed E-state index contributed by atoms with van der Waals surface area (Å²) in [4.78, 5) is 26.6. The van der Waals surface area contributed by atoms with E-state index in [-0.39, 0.29) is 38.9 Å². The van der Waals surface area contributed by atoms with E-state index in [1.807, 2.05) is 25.1 Å². The highest BCUT2D eigenvalue weighted by Gasteiger charge is 2.35. The third-order valence-electron chi connectivity index (χ3n) is 5.29. The zero-order valence-corrected chi connectivity index (χ0v) is 24.1. The lowest BCUT2D eigenvalue weighted by Gasteiger charge is -2.14. The van der Waals surface area contributed by atoms with Crippen LogP contribution in [0.4, 0.5) is 4.79 Å². The minimum atomic E-state index is -4.18. The van der Waals surface area contributed by atoms with Gasteiger partial charge >= 0.3 is 10.1 Å². The van der Waals surface area contributed by atoms with Gasteiger partial charge < -0.3 is 13.7 Å². The zero-order valence-electron chi connectivity index (χ0n) is 20.1. The van der Waals surface area contributed by atoms with E-state index in [0.717, 1.165) is 22.2 Å². The lowest BCUT2D eigenvalue weighted by molar-refractivity contribution is -0.123. The number of nitrogens with zero attached hydrogens (tertiary/aromatic N) is 1. The first-order valence-corrected chi connectivity index (χ1v) is 14.5. The number of methoxy groups -OCH3 is 1. The Morgan fingerprint density at radius 2 is 1.82 bits per heavy atom. The third-order valence-corrected chi connectivity index (χ3v) is 8.28. The van der Waals surface area contributed by atoms with Crippen LogP contribution in [0.25, 0.3) is 6.08 Å². The van der Waals surface area contributed by atoms with Gasteiger partial charge in [0.2, 0.25) is 0 Å². The molecule has 12 heteroatoms. The topological polar surface area (TPSA) is 99.2 Å². The summed E-state index contributed by atoms with van der Waals surface area (Å²) in [6.45, 7) is 2.19. The summed E-state index contributed by atoms with van der Waals surface area (Å²) in [6.07, 6.45) is 1.52. The molecule has 0 spiro atoms. The van der Waals surface area contributed by atoms with Gasteiger partial charge in [0.25, 0.3) is 11.1 Å². The first kappa shape index (κ1) is 28.0. The van der Waals surface area contributed by atoms with E-state index < -0.39 is 21.3 Å². The first-order chi connectivity index (χ1) is 18.1. The fourth-order valence-corrected chi connectivity index (χ4v) is 6.06. The predicted octanol–water partition coefficient (Wildman–Crippen LogP) is 6.30. The molecule has 38 heavy (non-hydrogen) atoms. The monoisotopic (exact) mass is 637 g/mol. The van der Waals surface area contributed by atoms with Crippen molar-refractivity contribution < 1.29 is 31.7 Å². The Kier molecular flexibility index (Phi) is 8.71. The molecule has 0 aromatic heterocycles. The number of amides is 2. The van der Waals surface area contributed by atoms with Gasteiger partial charge in [0.05, 0.1) is 23.0 Å². The van der Waals surface area contributed by atoms with Gasteiger partial charge in [-0.15, -0.1) is 0 Å². The molecule has 0 radical (unpaired) electrons. The van der Waals surface area contributed by atoms with Crippen LogP contribution in [0.15, 0.2) is 74.9 Å². The summed E-state index contributed by atoms with van der Waals surface area (Å²) < 4.78 is 42.1. The van der Waals surface area contributed by atoms with Gasteiger partial charge in [-0.3, -0.25) is 14.5 Å². The van der Waals surface area contributed by atoms with Crippen LogP contribution in [-0.2, 0) is 14.9 Å². The summed E-state index contributed by atoms with van der Waals surface area (Å²) >= 11 is 9.97. The van der Waals surface area contributed by atoms with Crippen molar-refractivity contribution in [1.29, 1.82) is 0 Å². The Morgan fingerprint density at radius 3 is 2.50 bits per heavy atom. The van der Waals surface area contributed by atoms with E-state index in [2.05, 4.69) is 15.9 Å². The highest BCUT2D eigenvalue weighted by molar-refractivity contribution is 9.10. The van der Waals surface area contributed by atoms with Crippen LogP contribution < -0.4 is 13.7 Å². The molecule has 0 bridgehead atoms. The molecule has 0 aliphatic carbocycles. The van der Waals surface area contributed by atoms with Gasteiger partial charge in [-0.05, 0) is 100 Å². The van der Waals surface area contributed by atoms with Crippen molar-refractivity contribution in [2.45, 2.75) is 11.8 Å². The number of hydrogen-bond donors (Lipinski definition) is 0. The highest BCUT2D eigenvalue weighted by Crippen LogP contribution is 2.40. The van der Waals surface area contributed by atoms with Crippen molar-refractivity contribution in [3.8, 4) is 17.2 Å². The van der Waals surface area contributed by atoms with Gasteiger partial charge in [-0.2, -0.15) is 8.42 Å². The number of rotatable bonds is 9. The lowest BCUT2D eigenvalue weighted by atomic mass is 10.2. The van der Waals surface area contributed by atoms with Crippen molar-refractivity contribution in [2.24, 2.45) is 0 Å². The van der Waals surface area contributed by atoms with Crippen LogP contribution in [0.3, 0.4) is 0 Å². The van der Waals surface area contributed by atoms with Crippen molar-refractivity contribution >= 4 is 66.6 Å². The molecule has 4 rings (SSSR count). The van der Waals surface area contributed by atoms with Crippen LogP contribution >= 0.6 is 39.3 Å². The molecule has 0 saturated carbocycles. The number of ether oxygens (including phenoxy) is 2. The molecule has 3 aromatic rings. The first-order valence-electron chi connectivity index (χ1n) is 11.1. The molecule has 1 saturated heterocycles. The average molecular weight is 639 g/mol. The maximum absolute atomic E-state index is 12.9. The average Bonchev–Trinajstić information content (AvgIpc) is 3.13. The smallest absolute Gasteiger partial charge is 0.339 e. The Bertz CT molecular complexity index is 1530.